The summed E-state index contributed by atoms with van der Waals surface area (Å²) in [6.45, 7) is 3.59. The Balaban J connectivity index is 2.05. The van der Waals surface area contributed by atoms with Gasteiger partial charge in [0.05, 0.1) is 6.54 Å². The van der Waals surface area contributed by atoms with E-state index >= 15 is 0 Å². The molecule has 0 saturated carbocycles. The zero-order valence-electron chi connectivity index (χ0n) is 10.1. The molecular formula is C13H14N4O. The van der Waals surface area contributed by atoms with Crippen LogP contribution in [-0.4, -0.2) is 23.9 Å². The summed E-state index contributed by atoms with van der Waals surface area (Å²) in [5.41, 5.74) is 8.52. The highest BCUT2D eigenvalue weighted by Gasteiger charge is 2.19. The number of hydrogen-bond acceptors (Lipinski definition) is 5. The van der Waals surface area contributed by atoms with E-state index in [0.717, 1.165) is 30.1 Å². The molecule has 3 N–H and O–H groups in total. The second-order valence-corrected chi connectivity index (χ2v) is 4.20. The van der Waals surface area contributed by atoms with Crippen molar-refractivity contribution in [3.8, 4) is 11.5 Å². The first-order valence-corrected chi connectivity index (χ1v) is 5.86. The number of aryl methyl sites for hydroxylation is 1. The highest BCUT2D eigenvalue weighted by Crippen LogP contribution is 2.26. The van der Waals surface area contributed by atoms with E-state index < -0.39 is 0 Å². The second-order valence-electron chi connectivity index (χ2n) is 4.20. The van der Waals surface area contributed by atoms with Crippen LogP contribution in [0.1, 0.15) is 11.3 Å². The van der Waals surface area contributed by atoms with Crippen LogP contribution in [-0.2, 0) is 0 Å². The zero-order chi connectivity index (χ0) is 12.5. The number of hydrogen-bond donors (Lipinski definition) is 2. The molecule has 3 rings (SSSR count). The van der Waals surface area contributed by atoms with Crippen molar-refractivity contribution in [2.24, 2.45) is 4.99 Å². The minimum atomic E-state index is 0.307. The first-order valence-electron chi connectivity index (χ1n) is 5.86. The van der Waals surface area contributed by atoms with Crippen molar-refractivity contribution in [2.75, 3.05) is 18.8 Å². The first kappa shape index (κ1) is 10.8. The number of rotatable bonds is 2. The average molecular weight is 242 g/mol. The van der Waals surface area contributed by atoms with E-state index in [4.69, 9.17) is 10.2 Å². The van der Waals surface area contributed by atoms with E-state index in [0.29, 0.717) is 17.5 Å². The molecule has 0 spiro atoms. The molecule has 0 atom stereocenters. The Morgan fingerprint density at radius 2 is 2.17 bits per heavy atom. The summed E-state index contributed by atoms with van der Waals surface area (Å²) in [6.07, 6.45) is 0. The minimum absolute atomic E-state index is 0.307. The molecule has 0 aliphatic carbocycles. The number of nitrogens with zero attached hydrogens (tertiary/aromatic N) is 2. The molecule has 1 aliphatic rings. The molecule has 5 heteroatoms. The van der Waals surface area contributed by atoms with Crippen LogP contribution in [0.3, 0.4) is 0 Å². The first-order chi connectivity index (χ1) is 8.75. The van der Waals surface area contributed by atoms with Gasteiger partial charge in [-0.3, -0.25) is 4.99 Å². The third-order valence-corrected chi connectivity index (χ3v) is 2.93. The van der Waals surface area contributed by atoms with Crippen molar-refractivity contribution in [1.29, 1.82) is 0 Å². The SMILES string of the molecule is Cc1ccccc1-c1nc(C2=NCCN2)c(N)o1. The maximum atomic E-state index is 5.86. The van der Waals surface area contributed by atoms with Gasteiger partial charge in [-0.1, -0.05) is 18.2 Å². The fraction of sp³-hybridized carbons (Fsp3) is 0.231. The molecule has 1 aromatic carbocycles. The highest BCUT2D eigenvalue weighted by molar-refractivity contribution is 6.01. The van der Waals surface area contributed by atoms with E-state index in [-0.39, 0.29) is 0 Å². The van der Waals surface area contributed by atoms with Crippen molar-refractivity contribution in [1.82, 2.24) is 10.3 Å². The van der Waals surface area contributed by atoms with Gasteiger partial charge in [-0.25, -0.2) is 4.98 Å². The molecule has 2 heterocycles. The predicted molar refractivity (Wildman–Crippen MR) is 70.5 cm³/mol. The molecule has 0 unspecified atom stereocenters. The molecule has 0 radical (unpaired) electrons. The molecule has 92 valence electrons. The van der Waals surface area contributed by atoms with Crippen LogP contribution in [0, 0.1) is 6.92 Å². The van der Waals surface area contributed by atoms with Gasteiger partial charge >= 0.3 is 0 Å². The second kappa shape index (κ2) is 4.18. The van der Waals surface area contributed by atoms with Crippen LogP contribution in [0.25, 0.3) is 11.5 Å². The van der Waals surface area contributed by atoms with Gasteiger partial charge in [0.25, 0.3) is 0 Å². The zero-order valence-corrected chi connectivity index (χ0v) is 10.1. The standard InChI is InChI=1S/C13H14N4O/c1-8-4-2-3-5-9(8)13-17-10(11(14)18-13)12-15-6-7-16-12/h2-5H,6-7,14H2,1H3,(H,15,16). The number of oxazole rings is 1. The van der Waals surface area contributed by atoms with Gasteiger partial charge in [0, 0.05) is 12.1 Å². The van der Waals surface area contributed by atoms with Crippen molar-refractivity contribution in [3.63, 3.8) is 0 Å². The quantitative estimate of drug-likeness (QED) is 0.838. The van der Waals surface area contributed by atoms with Crippen molar-refractivity contribution < 1.29 is 4.42 Å². The number of anilines is 1. The number of nitrogens with one attached hydrogen (secondary N) is 1. The molecule has 1 aliphatic heterocycles. The van der Waals surface area contributed by atoms with Gasteiger partial charge in [-0.15, -0.1) is 0 Å². The monoisotopic (exact) mass is 242 g/mol. The summed E-state index contributed by atoms with van der Waals surface area (Å²) in [6, 6.07) is 7.91. The van der Waals surface area contributed by atoms with E-state index in [1.54, 1.807) is 0 Å². The fourth-order valence-electron chi connectivity index (χ4n) is 1.99. The summed E-state index contributed by atoms with van der Waals surface area (Å²) in [5.74, 6) is 1.56. The molecule has 5 nitrogen and oxygen atoms in total. The van der Waals surface area contributed by atoms with E-state index in [1.807, 2.05) is 31.2 Å². The third-order valence-electron chi connectivity index (χ3n) is 2.93. The molecule has 0 fully saturated rings. The summed E-state index contributed by atoms with van der Waals surface area (Å²) in [4.78, 5) is 8.74. The number of aromatic nitrogens is 1. The Hall–Kier alpha value is -2.30. The van der Waals surface area contributed by atoms with Crippen molar-refractivity contribution in [2.45, 2.75) is 6.92 Å². The Bertz CT molecular complexity index is 615. The van der Waals surface area contributed by atoms with Crippen LogP contribution < -0.4 is 11.1 Å². The number of amidine groups is 1. The van der Waals surface area contributed by atoms with Gasteiger partial charge in [0.1, 0.15) is 0 Å². The lowest BCUT2D eigenvalue weighted by Crippen LogP contribution is -2.20. The van der Waals surface area contributed by atoms with Gasteiger partial charge in [0.2, 0.25) is 11.8 Å². The number of nitrogen functional groups attached to an aromatic ring is 1. The minimum Gasteiger partial charge on any atom is -0.420 e. The van der Waals surface area contributed by atoms with Gasteiger partial charge in [0.15, 0.2) is 11.5 Å². The maximum absolute atomic E-state index is 5.86. The van der Waals surface area contributed by atoms with Crippen molar-refractivity contribution >= 4 is 11.7 Å². The Morgan fingerprint density at radius 1 is 1.33 bits per heavy atom. The van der Waals surface area contributed by atoms with Gasteiger partial charge in [-0.05, 0) is 18.6 Å². The average Bonchev–Trinajstić information content (AvgIpc) is 2.98. The molecular weight excluding hydrogens is 228 g/mol. The van der Waals surface area contributed by atoms with Gasteiger partial charge < -0.3 is 15.5 Å². The number of benzene rings is 1. The number of aliphatic imine (C=N–C) groups is 1. The summed E-state index contributed by atoms with van der Waals surface area (Å²) in [7, 11) is 0. The molecule has 1 aromatic heterocycles. The summed E-state index contributed by atoms with van der Waals surface area (Å²) in [5, 5.41) is 3.14. The van der Waals surface area contributed by atoms with E-state index in [2.05, 4.69) is 15.3 Å². The van der Waals surface area contributed by atoms with Gasteiger partial charge in [-0.2, -0.15) is 0 Å². The maximum Gasteiger partial charge on any atom is 0.229 e. The molecule has 0 amide bonds. The smallest absolute Gasteiger partial charge is 0.229 e. The molecule has 0 saturated heterocycles. The van der Waals surface area contributed by atoms with Crippen LogP contribution in [0.2, 0.25) is 0 Å². The lowest BCUT2D eigenvalue weighted by Gasteiger charge is -1.99. The van der Waals surface area contributed by atoms with Crippen molar-refractivity contribution in [3.05, 3.63) is 35.5 Å². The Morgan fingerprint density at radius 3 is 2.89 bits per heavy atom. The molecule has 0 bridgehead atoms. The largest absolute Gasteiger partial charge is 0.420 e. The summed E-state index contributed by atoms with van der Waals surface area (Å²) >= 11 is 0. The number of nitrogens with two attached hydrogens (primary N) is 1. The predicted octanol–water partition coefficient (Wildman–Crippen LogP) is 1.58. The van der Waals surface area contributed by atoms with Crippen LogP contribution >= 0.6 is 0 Å². The van der Waals surface area contributed by atoms with E-state index in [9.17, 15) is 0 Å². The van der Waals surface area contributed by atoms with Crippen LogP contribution in [0.5, 0.6) is 0 Å². The normalized spacial score (nSPS) is 14.4. The summed E-state index contributed by atoms with van der Waals surface area (Å²) < 4.78 is 5.54. The topological polar surface area (TPSA) is 76.4 Å². The Kier molecular flexibility index (Phi) is 2.51. The lowest BCUT2D eigenvalue weighted by atomic mass is 10.1. The molecule has 18 heavy (non-hydrogen) atoms. The van der Waals surface area contributed by atoms with Crippen LogP contribution in [0.15, 0.2) is 33.7 Å². The Labute approximate surface area is 105 Å². The third kappa shape index (κ3) is 1.73. The fourth-order valence-corrected chi connectivity index (χ4v) is 1.99. The van der Waals surface area contributed by atoms with Crippen LogP contribution in [0.4, 0.5) is 5.88 Å². The highest BCUT2D eigenvalue weighted by atomic mass is 16.4. The molecule has 2 aromatic rings. The van der Waals surface area contributed by atoms with E-state index in [1.165, 1.54) is 0 Å². The lowest BCUT2D eigenvalue weighted by molar-refractivity contribution is 0.593.